The molecular weight excluding hydrogens is 286 g/mol. The minimum Gasteiger partial charge on any atom is -0.469 e. The molecule has 1 aromatic rings. The van der Waals surface area contributed by atoms with Gasteiger partial charge in [0.2, 0.25) is 0 Å². The fourth-order valence-corrected chi connectivity index (χ4v) is 5.33. The van der Waals surface area contributed by atoms with Gasteiger partial charge in [0.25, 0.3) is 0 Å². The average molecular weight is 313 g/mol. The van der Waals surface area contributed by atoms with Gasteiger partial charge in [0.05, 0.1) is 18.2 Å². The van der Waals surface area contributed by atoms with Crippen LogP contribution in [0.2, 0.25) is 0 Å². The molecule has 1 aromatic heterocycles. The first-order chi connectivity index (χ1) is 11.0. The number of hydrogen-bond acceptors (Lipinski definition) is 3. The first-order valence-electron chi connectivity index (χ1n) is 9.08. The molecule has 3 heteroatoms. The number of nitrogens with zero attached hydrogens (tertiary/aromatic N) is 1. The lowest BCUT2D eigenvalue weighted by atomic mass is 9.88. The van der Waals surface area contributed by atoms with Crippen molar-refractivity contribution in [3.8, 4) is 0 Å². The molecule has 124 valence electrons. The Kier molecular flexibility index (Phi) is 3.51. The van der Waals surface area contributed by atoms with Gasteiger partial charge < -0.3 is 4.42 Å². The van der Waals surface area contributed by atoms with Gasteiger partial charge in [0, 0.05) is 18.6 Å². The summed E-state index contributed by atoms with van der Waals surface area (Å²) in [4.78, 5) is 17.4. The first-order valence-corrected chi connectivity index (χ1v) is 9.08. The van der Waals surface area contributed by atoms with Gasteiger partial charge in [-0.15, -0.1) is 0 Å². The smallest absolute Gasteiger partial charge is 0.142 e. The number of Topliss-reactive ketones (excluding diaryl/α,β-unsaturated/α-hetero) is 1. The molecule has 1 unspecified atom stereocenters. The molecule has 0 N–H and O–H groups in total. The highest BCUT2D eigenvalue weighted by Gasteiger charge is 2.67. The van der Waals surface area contributed by atoms with Gasteiger partial charge >= 0.3 is 0 Å². The van der Waals surface area contributed by atoms with Crippen LogP contribution < -0.4 is 0 Å². The predicted molar refractivity (Wildman–Crippen MR) is 90.5 cm³/mol. The molecule has 4 rings (SSSR count). The van der Waals surface area contributed by atoms with E-state index in [0.717, 1.165) is 30.7 Å². The molecule has 0 spiro atoms. The lowest BCUT2D eigenvalue weighted by molar-refractivity contribution is -0.120. The number of rotatable bonds is 4. The van der Waals surface area contributed by atoms with E-state index < -0.39 is 0 Å². The normalized spacial score (nSPS) is 38.8. The highest BCUT2D eigenvalue weighted by Crippen LogP contribution is 2.68. The molecule has 0 aliphatic heterocycles. The standard InChI is InChI=1S/C20H27NO2/c1-12(18-17(22)11-15-19(18)20(15,2)3)21-16-8-4-6-13(16)10-14-7-5-9-23-14/h5,7,9,13,15-16,18-19H,4,6,8,10-11H2,1-3H3/t13-,15-,16+,18?,19-/m1/s1. The number of carbonyl (C=O) groups is 1. The molecular formula is C20H27NO2. The van der Waals surface area contributed by atoms with Crippen molar-refractivity contribution in [3.05, 3.63) is 24.2 Å². The zero-order valence-electron chi connectivity index (χ0n) is 14.4. The zero-order chi connectivity index (χ0) is 16.2. The molecule has 23 heavy (non-hydrogen) atoms. The predicted octanol–water partition coefficient (Wildman–Crippen LogP) is 4.31. The van der Waals surface area contributed by atoms with Gasteiger partial charge in [0.1, 0.15) is 11.5 Å². The van der Waals surface area contributed by atoms with E-state index in [2.05, 4.69) is 26.8 Å². The van der Waals surface area contributed by atoms with Crippen LogP contribution in [-0.2, 0) is 11.2 Å². The monoisotopic (exact) mass is 313 g/mol. The Hall–Kier alpha value is -1.38. The maximum absolute atomic E-state index is 12.4. The Labute approximate surface area is 138 Å². The molecule has 0 saturated heterocycles. The minimum absolute atomic E-state index is 0.0971. The number of hydrogen-bond donors (Lipinski definition) is 0. The van der Waals surface area contributed by atoms with Crippen molar-refractivity contribution in [2.45, 2.75) is 58.9 Å². The van der Waals surface area contributed by atoms with Gasteiger partial charge in [0.15, 0.2) is 0 Å². The molecule has 3 nitrogen and oxygen atoms in total. The van der Waals surface area contributed by atoms with Crippen molar-refractivity contribution in [2.75, 3.05) is 0 Å². The number of fused-ring (bicyclic) bond motifs is 1. The lowest BCUT2D eigenvalue weighted by Gasteiger charge is -2.20. The van der Waals surface area contributed by atoms with E-state index in [1.54, 1.807) is 6.26 Å². The summed E-state index contributed by atoms with van der Waals surface area (Å²) in [6.07, 6.45) is 7.11. The number of aliphatic imine (C=N–C) groups is 1. The van der Waals surface area contributed by atoms with Crippen LogP contribution in [0.4, 0.5) is 0 Å². The second-order valence-electron chi connectivity index (χ2n) is 8.41. The van der Waals surface area contributed by atoms with Gasteiger partial charge in [-0.3, -0.25) is 9.79 Å². The van der Waals surface area contributed by atoms with E-state index in [1.807, 2.05) is 6.07 Å². The Balaban J connectivity index is 1.49. The van der Waals surface area contributed by atoms with Gasteiger partial charge in [-0.05, 0) is 55.1 Å². The summed E-state index contributed by atoms with van der Waals surface area (Å²) in [6.45, 7) is 6.72. The first kappa shape index (κ1) is 15.2. The van der Waals surface area contributed by atoms with Gasteiger partial charge in [-0.25, -0.2) is 0 Å². The van der Waals surface area contributed by atoms with Crippen LogP contribution in [0.3, 0.4) is 0 Å². The molecule has 1 heterocycles. The van der Waals surface area contributed by atoms with E-state index in [1.165, 1.54) is 12.8 Å². The molecule has 5 atom stereocenters. The summed E-state index contributed by atoms with van der Waals surface area (Å²) >= 11 is 0. The third-order valence-corrected chi connectivity index (χ3v) is 6.75. The third kappa shape index (κ3) is 2.49. The second kappa shape index (κ2) is 5.32. The maximum Gasteiger partial charge on any atom is 0.142 e. The summed E-state index contributed by atoms with van der Waals surface area (Å²) in [6, 6.07) is 4.39. The molecule has 3 aliphatic rings. The molecule has 3 fully saturated rings. The van der Waals surface area contributed by atoms with Crippen LogP contribution in [0, 0.1) is 29.1 Å². The van der Waals surface area contributed by atoms with Crippen LogP contribution in [0.1, 0.15) is 52.2 Å². The Morgan fingerprint density at radius 1 is 1.39 bits per heavy atom. The molecule has 3 saturated carbocycles. The lowest BCUT2D eigenvalue weighted by Crippen LogP contribution is -2.26. The molecule has 0 aromatic carbocycles. The number of carbonyl (C=O) groups excluding carboxylic acids is 1. The van der Waals surface area contributed by atoms with Crippen LogP contribution in [0.15, 0.2) is 27.8 Å². The van der Waals surface area contributed by atoms with Crippen molar-refractivity contribution >= 4 is 11.5 Å². The number of furan rings is 1. The third-order valence-electron chi connectivity index (χ3n) is 6.75. The highest BCUT2D eigenvalue weighted by molar-refractivity contribution is 6.07. The molecule has 0 bridgehead atoms. The van der Waals surface area contributed by atoms with Crippen LogP contribution >= 0.6 is 0 Å². The van der Waals surface area contributed by atoms with Gasteiger partial charge in [-0.1, -0.05) is 20.3 Å². The van der Waals surface area contributed by atoms with Gasteiger partial charge in [-0.2, -0.15) is 0 Å². The topological polar surface area (TPSA) is 42.6 Å². The van der Waals surface area contributed by atoms with Crippen molar-refractivity contribution in [2.24, 2.45) is 34.1 Å². The average Bonchev–Trinajstić information content (AvgIpc) is 3.04. The summed E-state index contributed by atoms with van der Waals surface area (Å²) in [5.74, 6) is 3.31. The van der Waals surface area contributed by atoms with Crippen molar-refractivity contribution in [3.63, 3.8) is 0 Å². The zero-order valence-corrected chi connectivity index (χ0v) is 14.4. The summed E-state index contributed by atoms with van der Waals surface area (Å²) in [5, 5.41) is 0. The minimum atomic E-state index is 0.0971. The Bertz CT molecular complexity index is 628. The van der Waals surface area contributed by atoms with Crippen molar-refractivity contribution < 1.29 is 9.21 Å². The van der Waals surface area contributed by atoms with E-state index in [4.69, 9.17) is 9.41 Å². The second-order valence-corrected chi connectivity index (χ2v) is 8.41. The van der Waals surface area contributed by atoms with Crippen LogP contribution in [0.5, 0.6) is 0 Å². The molecule has 0 amide bonds. The highest BCUT2D eigenvalue weighted by atomic mass is 16.3. The number of ketones is 1. The summed E-state index contributed by atoms with van der Waals surface area (Å²) in [5.41, 5.74) is 1.45. The van der Waals surface area contributed by atoms with E-state index in [0.29, 0.717) is 35.0 Å². The van der Waals surface area contributed by atoms with Crippen LogP contribution in [-0.4, -0.2) is 17.5 Å². The summed E-state index contributed by atoms with van der Waals surface area (Å²) < 4.78 is 5.51. The molecule has 0 radical (unpaired) electrons. The summed E-state index contributed by atoms with van der Waals surface area (Å²) in [7, 11) is 0. The largest absolute Gasteiger partial charge is 0.469 e. The van der Waals surface area contributed by atoms with Crippen molar-refractivity contribution in [1.82, 2.24) is 0 Å². The fourth-order valence-electron chi connectivity index (χ4n) is 5.33. The fraction of sp³-hybridized carbons (Fsp3) is 0.700. The van der Waals surface area contributed by atoms with E-state index >= 15 is 0 Å². The quantitative estimate of drug-likeness (QED) is 0.777. The maximum atomic E-state index is 12.4. The van der Waals surface area contributed by atoms with E-state index in [-0.39, 0.29) is 5.92 Å². The Morgan fingerprint density at radius 2 is 2.22 bits per heavy atom. The van der Waals surface area contributed by atoms with Crippen LogP contribution in [0.25, 0.3) is 0 Å². The van der Waals surface area contributed by atoms with E-state index in [9.17, 15) is 4.79 Å². The van der Waals surface area contributed by atoms with Crippen molar-refractivity contribution in [1.29, 1.82) is 0 Å². The Morgan fingerprint density at radius 3 is 2.91 bits per heavy atom. The SMILES string of the molecule is CC(=N[C@H]1CCC[C@@H]1Cc1ccco1)C1C(=O)C[C@@H]2[C@H]1C2(C)C. The molecule has 3 aliphatic carbocycles.